The number of nitrogens with zero attached hydrogens (tertiary/aromatic N) is 4. The summed E-state index contributed by atoms with van der Waals surface area (Å²) in [5, 5.41) is 8.37. The third-order valence-corrected chi connectivity index (χ3v) is 5.92. The van der Waals surface area contributed by atoms with E-state index in [0.717, 1.165) is 28.7 Å². The van der Waals surface area contributed by atoms with E-state index in [1.165, 1.54) is 4.68 Å². The predicted octanol–water partition coefficient (Wildman–Crippen LogP) is 5.43. The molecule has 0 N–H and O–H groups in total. The maximum atomic E-state index is 13.2. The van der Waals surface area contributed by atoms with Gasteiger partial charge in [0.1, 0.15) is 5.69 Å². The summed E-state index contributed by atoms with van der Waals surface area (Å²) in [7, 11) is 0. The summed E-state index contributed by atoms with van der Waals surface area (Å²) in [6.07, 6.45) is 6.64. The first-order valence-corrected chi connectivity index (χ1v) is 11.5. The van der Waals surface area contributed by atoms with Gasteiger partial charge in [0.2, 0.25) is 0 Å². The molecular formula is C28H26N4O2. The van der Waals surface area contributed by atoms with E-state index < -0.39 is 0 Å². The zero-order valence-corrected chi connectivity index (χ0v) is 18.8. The number of carbonyl (C=O) groups excluding carboxylic acids is 1. The lowest BCUT2D eigenvalue weighted by Gasteiger charge is -2.31. The van der Waals surface area contributed by atoms with E-state index in [-0.39, 0.29) is 12.1 Å². The van der Waals surface area contributed by atoms with Gasteiger partial charge in [-0.25, -0.2) is 4.79 Å². The van der Waals surface area contributed by atoms with Crippen LogP contribution in [0.5, 0.6) is 0 Å². The molecule has 0 aliphatic carbocycles. The summed E-state index contributed by atoms with van der Waals surface area (Å²) in [6.45, 7) is 1.56. The molecule has 6 nitrogen and oxygen atoms in total. The second kappa shape index (κ2) is 10.3. The molecule has 1 aromatic heterocycles. The second-order valence-corrected chi connectivity index (χ2v) is 8.25. The highest BCUT2D eigenvalue weighted by molar-refractivity contribution is 5.78. The van der Waals surface area contributed by atoms with Gasteiger partial charge in [-0.15, -0.1) is 5.10 Å². The first-order valence-electron chi connectivity index (χ1n) is 11.5. The smallest absolute Gasteiger partial charge is 0.346 e. The molecule has 5 rings (SSSR count). The fraction of sp³-hybridized carbons (Fsp3) is 0.179. The number of amides is 1. The van der Waals surface area contributed by atoms with E-state index in [4.69, 9.17) is 4.74 Å². The first kappa shape index (κ1) is 21.8. The monoisotopic (exact) mass is 450 g/mol. The minimum atomic E-state index is -0.197. The molecular weight excluding hydrogens is 424 g/mol. The summed E-state index contributed by atoms with van der Waals surface area (Å²) in [5.74, 6) is 0. The Morgan fingerprint density at radius 2 is 1.56 bits per heavy atom. The Morgan fingerprint density at radius 3 is 2.32 bits per heavy atom. The lowest BCUT2D eigenvalue weighted by Crippen LogP contribution is -2.46. The Labute approximate surface area is 199 Å². The Hall–Kier alpha value is -4.03. The third-order valence-electron chi connectivity index (χ3n) is 5.92. The highest BCUT2D eigenvalue weighted by Gasteiger charge is 2.26. The highest BCUT2D eigenvalue weighted by atomic mass is 16.5. The molecule has 1 amide bonds. The predicted molar refractivity (Wildman–Crippen MR) is 132 cm³/mol. The van der Waals surface area contributed by atoms with E-state index in [2.05, 4.69) is 40.7 Å². The Morgan fingerprint density at radius 1 is 0.882 bits per heavy atom. The Bertz CT molecular complexity index is 1250. The number of carbonyl (C=O) groups is 1. The van der Waals surface area contributed by atoms with Crippen molar-refractivity contribution in [3.8, 4) is 22.4 Å². The molecule has 4 aromatic rings. The van der Waals surface area contributed by atoms with Crippen LogP contribution in [0.3, 0.4) is 0 Å². The maximum absolute atomic E-state index is 13.2. The molecule has 1 aliphatic rings. The van der Waals surface area contributed by atoms with Gasteiger partial charge < -0.3 is 9.64 Å². The summed E-state index contributed by atoms with van der Waals surface area (Å²) in [6, 6.07) is 28.0. The van der Waals surface area contributed by atoms with Crippen molar-refractivity contribution in [2.24, 2.45) is 0 Å². The molecule has 0 saturated carbocycles. The third kappa shape index (κ3) is 4.97. The minimum absolute atomic E-state index is 0.136. The van der Waals surface area contributed by atoms with Gasteiger partial charge >= 0.3 is 6.03 Å². The van der Waals surface area contributed by atoms with Crippen molar-refractivity contribution < 1.29 is 9.53 Å². The summed E-state index contributed by atoms with van der Waals surface area (Å²) in [5.41, 5.74) is 4.98. The molecule has 6 heteroatoms. The van der Waals surface area contributed by atoms with Gasteiger partial charge in [-0.2, -0.15) is 4.68 Å². The molecule has 1 aliphatic heterocycles. The van der Waals surface area contributed by atoms with Crippen LogP contribution in [0.2, 0.25) is 0 Å². The zero-order chi connectivity index (χ0) is 23.2. The molecule has 0 unspecified atom stereocenters. The number of hydrogen-bond acceptors (Lipinski definition) is 4. The molecule has 0 bridgehead atoms. The summed E-state index contributed by atoms with van der Waals surface area (Å²) in [4.78, 5) is 15.0. The summed E-state index contributed by atoms with van der Waals surface area (Å²) < 4.78 is 7.23. The van der Waals surface area contributed by atoms with Crippen LogP contribution in [0, 0.1) is 0 Å². The minimum Gasteiger partial charge on any atom is -0.374 e. The van der Waals surface area contributed by atoms with Crippen LogP contribution in [0.25, 0.3) is 22.4 Å². The van der Waals surface area contributed by atoms with Crippen molar-refractivity contribution in [3.05, 3.63) is 109 Å². The molecule has 1 atom stereocenters. The van der Waals surface area contributed by atoms with Crippen molar-refractivity contribution in [2.45, 2.75) is 19.1 Å². The zero-order valence-electron chi connectivity index (χ0n) is 18.8. The number of ether oxygens (including phenoxy) is 1. The van der Waals surface area contributed by atoms with E-state index in [0.29, 0.717) is 25.5 Å². The van der Waals surface area contributed by atoms with Gasteiger partial charge in [0.15, 0.2) is 0 Å². The van der Waals surface area contributed by atoms with Crippen LogP contribution < -0.4 is 0 Å². The van der Waals surface area contributed by atoms with Gasteiger partial charge in [-0.1, -0.05) is 102 Å². The van der Waals surface area contributed by atoms with Crippen molar-refractivity contribution >= 4 is 6.03 Å². The fourth-order valence-corrected chi connectivity index (χ4v) is 4.08. The van der Waals surface area contributed by atoms with Crippen LogP contribution in [0.1, 0.15) is 12.0 Å². The maximum Gasteiger partial charge on any atom is 0.346 e. The van der Waals surface area contributed by atoms with E-state index >= 15 is 0 Å². The molecule has 0 spiro atoms. The molecule has 0 fully saturated rings. The van der Waals surface area contributed by atoms with Crippen molar-refractivity contribution in [3.63, 3.8) is 0 Å². The standard InChI is InChI=1S/C28H26N4O2/c33-28(31-18-8-7-13-26(31)21-34-20-22-9-3-1-4-10-22)32-19-27(29-30-32)25-16-14-24(15-17-25)23-11-5-2-6-12-23/h1-7,9-17,19,26H,8,18,20-21H2/t26-/m0/s1. The van der Waals surface area contributed by atoms with Crippen molar-refractivity contribution in [2.75, 3.05) is 13.2 Å². The summed E-state index contributed by atoms with van der Waals surface area (Å²) >= 11 is 0. The van der Waals surface area contributed by atoms with Crippen LogP contribution in [0.4, 0.5) is 4.79 Å². The van der Waals surface area contributed by atoms with Crippen molar-refractivity contribution in [1.29, 1.82) is 0 Å². The van der Waals surface area contributed by atoms with Crippen LogP contribution in [-0.4, -0.2) is 45.1 Å². The average Bonchev–Trinajstić information content (AvgIpc) is 3.40. The van der Waals surface area contributed by atoms with Gasteiger partial charge in [0.25, 0.3) is 0 Å². The normalized spacial score (nSPS) is 15.4. The Kier molecular flexibility index (Phi) is 6.59. The van der Waals surface area contributed by atoms with E-state index in [9.17, 15) is 4.79 Å². The topological polar surface area (TPSA) is 60.2 Å². The number of aromatic nitrogens is 3. The molecule has 0 radical (unpaired) electrons. The quantitative estimate of drug-likeness (QED) is 0.368. The average molecular weight is 451 g/mol. The molecule has 3 aromatic carbocycles. The lowest BCUT2D eigenvalue weighted by atomic mass is 10.0. The van der Waals surface area contributed by atoms with Crippen LogP contribution >= 0.6 is 0 Å². The number of hydrogen-bond donors (Lipinski definition) is 0. The fourth-order valence-electron chi connectivity index (χ4n) is 4.08. The van der Waals surface area contributed by atoms with E-state index in [1.54, 1.807) is 11.1 Å². The van der Waals surface area contributed by atoms with Crippen molar-refractivity contribution in [1.82, 2.24) is 19.9 Å². The lowest BCUT2D eigenvalue weighted by molar-refractivity contribution is 0.0748. The van der Waals surface area contributed by atoms with E-state index in [1.807, 2.05) is 66.7 Å². The SMILES string of the molecule is O=C(N1CCC=C[C@H]1COCc1ccccc1)n1cc(-c2ccc(-c3ccccc3)cc2)nn1. The number of rotatable bonds is 6. The van der Waals surface area contributed by atoms with Gasteiger partial charge in [-0.05, 0) is 23.1 Å². The van der Waals surface area contributed by atoms with Gasteiger partial charge in [0, 0.05) is 12.1 Å². The second-order valence-electron chi connectivity index (χ2n) is 8.25. The molecule has 2 heterocycles. The van der Waals surface area contributed by atoms with Crippen LogP contribution in [-0.2, 0) is 11.3 Å². The van der Waals surface area contributed by atoms with Gasteiger partial charge in [-0.3, -0.25) is 0 Å². The molecule has 34 heavy (non-hydrogen) atoms. The largest absolute Gasteiger partial charge is 0.374 e. The highest BCUT2D eigenvalue weighted by Crippen LogP contribution is 2.24. The first-order chi connectivity index (χ1) is 16.8. The molecule has 170 valence electrons. The van der Waals surface area contributed by atoms with Crippen LogP contribution in [0.15, 0.2) is 103 Å². The Balaban J connectivity index is 1.25. The number of benzene rings is 3. The molecule has 0 saturated heterocycles. The van der Waals surface area contributed by atoms with Gasteiger partial charge in [0.05, 0.1) is 25.5 Å².